The van der Waals surface area contributed by atoms with Gasteiger partial charge in [0.15, 0.2) is 23.4 Å². The number of methoxy groups -OCH3 is 1. The molecule has 2 aliphatic heterocycles. The quantitative estimate of drug-likeness (QED) is 0.654. The van der Waals surface area contributed by atoms with E-state index in [1.54, 1.807) is 7.11 Å². The summed E-state index contributed by atoms with van der Waals surface area (Å²) >= 11 is 0. The summed E-state index contributed by atoms with van der Waals surface area (Å²) in [6.07, 6.45) is 2.86. The van der Waals surface area contributed by atoms with Crippen molar-refractivity contribution in [1.82, 2.24) is 4.90 Å². The van der Waals surface area contributed by atoms with Crippen LogP contribution in [0.4, 0.5) is 0 Å². The SMILES string of the molecule is CCN1CC[C@]23c4c5ccc(OC(C)C(OC)c6ccccc6)c4OC2C(=O)CC[C@H]3[C@H]1C5. The molecule has 2 fully saturated rings. The van der Waals surface area contributed by atoms with E-state index in [0.717, 1.165) is 49.4 Å². The van der Waals surface area contributed by atoms with Crippen LogP contribution in [0.15, 0.2) is 42.5 Å². The molecule has 4 aliphatic rings. The fourth-order valence-electron chi connectivity index (χ4n) is 7.39. The van der Waals surface area contributed by atoms with Gasteiger partial charge in [-0.15, -0.1) is 0 Å². The van der Waals surface area contributed by atoms with Crippen LogP contribution in [-0.4, -0.2) is 49.1 Å². The Labute approximate surface area is 196 Å². The Morgan fingerprint density at radius 2 is 2.03 bits per heavy atom. The van der Waals surface area contributed by atoms with Crippen molar-refractivity contribution >= 4 is 5.78 Å². The van der Waals surface area contributed by atoms with E-state index in [4.69, 9.17) is 14.2 Å². The lowest BCUT2D eigenvalue weighted by Crippen LogP contribution is -2.66. The fraction of sp³-hybridized carbons (Fsp3) is 0.536. The molecule has 1 spiro atoms. The maximum absolute atomic E-state index is 13.1. The standard InChI is InChI=1S/C28H33NO4/c1-4-29-15-14-28-20-11-12-22(30)27(28)33-26-23(13-10-19(24(26)28)16-21(20)29)32-17(2)25(31-3)18-8-6-5-7-9-18/h5-10,13,17,20-21,25,27H,4,11-12,14-16H2,1-3H3/t17?,20-,21+,25?,27?,28-/m0/s1. The maximum Gasteiger partial charge on any atom is 0.174 e. The molecule has 0 amide bonds. The first kappa shape index (κ1) is 21.2. The Balaban J connectivity index is 1.40. The molecule has 5 heteroatoms. The van der Waals surface area contributed by atoms with Crippen LogP contribution in [0, 0.1) is 5.92 Å². The first-order valence-electron chi connectivity index (χ1n) is 12.4. The molecule has 1 saturated heterocycles. The molecular formula is C28H33NO4. The molecule has 3 unspecified atom stereocenters. The Kier molecular flexibility index (Phi) is 5.04. The van der Waals surface area contributed by atoms with Crippen molar-refractivity contribution in [2.45, 2.75) is 69.3 Å². The minimum atomic E-state index is -0.362. The summed E-state index contributed by atoms with van der Waals surface area (Å²) < 4.78 is 18.9. The number of Topliss-reactive ketones (excluding diaryl/α,β-unsaturated/α-hetero) is 1. The number of likely N-dealkylation sites (N-methyl/N-ethyl adjacent to an activating group) is 1. The zero-order valence-electron chi connectivity index (χ0n) is 19.8. The van der Waals surface area contributed by atoms with Gasteiger partial charge in [0.25, 0.3) is 0 Å². The average Bonchev–Trinajstić information content (AvgIpc) is 3.18. The van der Waals surface area contributed by atoms with Gasteiger partial charge in [0, 0.05) is 30.6 Å². The van der Waals surface area contributed by atoms with E-state index in [-0.39, 0.29) is 29.5 Å². The Bertz CT molecular complexity index is 1070. The molecule has 2 aromatic rings. The first-order valence-corrected chi connectivity index (χ1v) is 12.4. The lowest BCUT2D eigenvalue weighted by Gasteiger charge is -2.57. The summed E-state index contributed by atoms with van der Waals surface area (Å²) in [5.74, 6) is 2.30. The lowest BCUT2D eigenvalue weighted by molar-refractivity contribution is -0.138. The zero-order valence-corrected chi connectivity index (χ0v) is 19.8. The molecule has 1 saturated carbocycles. The van der Waals surface area contributed by atoms with Crippen molar-refractivity contribution in [1.29, 1.82) is 0 Å². The van der Waals surface area contributed by atoms with Gasteiger partial charge in [-0.05, 0) is 62.4 Å². The molecule has 5 nitrogen and oxygen atoms in total. The number of hydrogen-bond acceptors (Lipinski definition) is 5. The smallest absolute Gasteiger partial charge is 0.174 e. The van der Waals surface area contributed by atoms with Gasteiger partial charge in [0.1, 0.15) is 12.2 Å². The van der Waals surface area contributed by atoms with Gasteiger partial charge in [-0.2, -0.15) is 0 Å². The normalized spacial score (nSPS) is 31.5. The lowest BCUT2D eigenvalue weighted by atomic mass is 9.51. The molecule has 2 aliphatic carbocycles. The van der Waals surface area contributed by atoms with Crippen LogP contribution < -0.4 is 9.47 Å². The predicted molar refractivity (Wildman–Crippen MR) is 126 cm³/mol. The molecule has 0 radical (unpaired) electrons. The number of piperidine rings is 1. The van der Waals surface area contributed by atoms with Crippen LogP contribution in [0.2, 0.25) is 0 Å². The highest BCUT2D eigenvalue weighted by Gasteiger charge is 2.65. The summed E-state index contributed by atoms with van der Waals surface area (Å²) in [7, 11) is 1.72. The number of likely N-dealkylation sites (tertiary alicyclic amines) is 1. The average molecular weight is 448 g/mol. The van der Waals surface area contributed by atoms with Crippen LogP contribution >= 0.6 is 0 Å². The molecule has 174 valence electrons. The van der Waals surface area contributed by atoms with Crippen LogP contribution in [-0.2, 0) is 21.4 Å². The van der Waals surface area contributed by atoms with Gasteiger partial charge in [-0.25, -0.2) is 0 Å². The van der Waals surface area contributed by atoms with E-state index < -0.39 is 0 Å². The monoisotopic (exact) mass is 447 g/mol. The van der Waals surface area contributed by atoms with Crippen molar-refractivity contribution < 1.29 is 19.0 Å². The number of carbonyl (C=O) groups is 1. The van der Waals surface area contributed by atoms with E-state index in [1.807, 2.05) is 31.2 Å². The number of benzene rings is 2. The van der Waals surface area contributed by atoms with Gasteiger partial charge in [-0.1, -0.05) is 43.3 Å². The summed E-state index contributed by atoms with van der Waals surface area (Å²) in [5, 5.41) is 0. The van der Waals surface area contributed by atoms with Crippen molar-refractivity contribution in [2.75, 3.05) is 20.2 Å². The van der Waals surface area contributed by atoms with Crippen LogP contribution in [0.25, 0.3) is 0 Å². The van der Waals surface area contributed by atoms with E-state index in [0.29, 0.717) is 18.4 Å². The Morgan fingerprint density at radius 1 is 1.21 bits per heavy atom. The molecule has 6 rings (SSSR count). The molecule has 0 aromatic heterocycles. The highest BCUT2D eigenvalue weighted by molar-refractivity contribution is 5.89. The third kappa shape index (κ3) is 2.95. The number of carbonyl (C=O) groups excluding carboxylic acids is 1. The summed E-state index contributed by atoms with van der Waals surface area (Å²) in [5.41, 5.74) is 3.51. The van der Waals surface area contributed by atoms with E-state index in [9.17, 15) is 4.79 Å². The number of rotatable bonds is 6. The van der Waals surface area contributed by atoms with Crippen molar-refractivity contribution in [3.05, 3.63) is 59.2 Å². The second kappa shape index (κ2) is 7.85. The molecule has 33 heavy (non-hydrogen) atoms. The van der Waals surface area contributed by atoms with Gasteiger partial charge < -0.3 is 14.2 Å². The van der Waals surface area contributed by atoms with Crippen LogP contribution in [0.5, 0.6) is 11.5 Å². The van der Waals surface area contributed by atoms with E-state index in [1.165, 1.54) is 11.1 Å². The molecule has 2 bridgehead atoms. The third-order valence-corrected chi connectivity index (χ3v) is 8.74. The first-order chi connectivity index (χ1) is 16.1. The molecule has 6 atom stereocenters. The Hall–Kier alpha value is -2.37. The highest BCUT2D eigenvalue weighted by atomic mass is 16.6. The minimum absolute atomic E-state index is 0.183. The van der Waals surface area contributed by atoms with Gasteiger partial charge >= 0.3 is 0 Å². The topological polar surface area (TPSA) is 48.0 Å². The highest BCUT2D eigenvalue weighted by Crippen LogP contribution is 2.63. The molecular weight excluding hydrogens is 414 g/mol. The number of ether oxygens (including phenoxy) is 3. The van der Waals surface area contributed by atoms with Crippen LogP contribution in [0.1, 0.15) is 55.9 Å². The number of nitrogens with zero attached hydrogens (tertiary/aromatic N) is 1. The third-order valence-electron chi connectivity index (χ3n) is 8.74. The minimum Gasteiger partial charge on any atom is -0.484 e. The van der Waals surface area contributed by atoms with Gasteiger partial charge in [-0.3, -0.25) is 9.69 Å². The van der Waals surface area contributed by atoms with E-state index in [2.05, 4.69) is 30.0 Å². The predicted octanol–water partition coefficient (Wildman–Crippen LogP) is 4.47. The second-order valence-corrected chi connectivity index (χ2v) is 10.1. The number of hydrogen-bond donors (Lipinski definition) is 0. The summed E-state index contributed by atoms with van der Waals surface area (Å²) in [6, 6.07) is 14.9. The Morgan fingerprint density at radius 3 is 2.79 bits per heavy atom. The van der Waals surface area contributed by atoms with Crippen molar-refractivity contribution in [2.24, 2.45) is 5.92 Å². The second-order valence-electron chi connectivity index (χ2n) is 10.1. The van der Waals surface area contributed by atoms with Crippen LogP contribution in [0.3, 0.4) is 0 Å². The van der Waals surface area contributed by atoms with Crippen molar-refractivity contribution in [3.8, 4) is 11.5 Å². The summed E-state index contributed by atoms with van der Waals surface area (Å²) in [6.45, 7) is 6.39. The molecule has 2 heterocycles. The molecule has 2 aromatic carbocycles. The van der Waals surface area contributed by atoms with E-state index >= 15 is 0 Å². The van der Waals surface area contributed by atoms with Crippen molar-refractivity contribution in [3.63, 3.8) is 0 Å². The summed E-state index contributed by atoms with van der Waals surface area (Å²) in [4.78, 5) is 15.8. The maximum atomic E-state index is 13.1. The van der Waals surface area contributed by atoms with Gasteiger partial charge in [0.05, 0.1) is 0 Å². The fourth-order valence-corrected chi connectivity index (χ4v) is 7.39. The zero-order chi connectivity index (χ0) is 22.7. The largest absolute Gasteiger partial charge is 0.484 e. The van der Waals surface area contributed by atoms with Gasteiger partial charge in [0.2, 0.25) is 0 Å². The molecule has 0 N–H and O–H groups in total. The number of ketones is 1.